The zero-order valence-electron chi connectivity index (χ0n) is 12.9. The first kappa shape index (κ1) is 15.7. The number of benzene rings is 2. The van der Waals surface area contributed by atoms with Gasteiger partial charge in [0.25, 0.3) is 5.91 Å². The maximum Gasteiger partial charge on any atom is 0.356 e. The topological polar surface area (TPSA) is 71.2 Å². The number of ether oxygens (including phenoxy) is 1. The third-order valence-corrected chi connectivity index (χ3v) is 3.51. The van der Waals surface area contributed by atoms with Crippen molar-refractivity contribution in [1.82, 2.24) is 4.98 Å². The van der Waals surface area contributed by atoms with Gasteiger partial charge in [0.15, 0.2) is 0 Å². The summed E-state index contributed by atoms with van der Waals surface area (Å²) >= 11 is 0. The molecule has 0 aliphatic rings. The molecule has 0 saturated carbocycles. The molecule has 6 heteroatoms. The third kappa shape index (κ3) is 2.99. The fraction of sp³-hybridized carbons (Fsp3) is 0.111. The van der Waals surface area contributed by atoms with Crippen molar-refractivity contribution in [2.24, 2.45) is 0 Å². The molecule has 0 bridgehead atoms. The monoisotopic (exact) mass is 326 g/mol. The molecule has 0 spiro atoms. The van der Waals surface area contributed by atoms with Gasteiger partial charge in [-0.3, -0.25) is 4.79 Å². The first-order chi connectivity index (χ1) is 11.6. The highest BCUT2D eigenvalue weighted by Crippen LogP contribution is 2.29. The second kappa shape index (κ2) is 6.54. The van der Waals surface area contributed by atoms with E-state index >= 15 is 0 Å². The molecule has 2 N–H and O–H groups in total. The predicted molar refractivity (Wildman–Crippen MR) is 88.6 cm³/mol. The number of H-pyrrole nitrogens is 1. The second-order valence-electron chi connectivity index (χ2n) is 5.11. The van der Waals surface area contributed by atoms with Crippen molar-refractivity contribution in [3.63, 3.8) is 0 Å². The Hall–Kier alpha value is -3.15. The van der Waals surface area contributed by atoms with Crippen LogP contribution in [0.1, 0.15) is 27.8 Å². The number of aromatic nitrogens is 1. The third-order valence-electron chi connectivity index (χ3n) is 3.51. The number of hydrogen-bond donors (Lipinski definition) is 2. The molecule has 0 radical (unpaired) electrons. The Morgan fingerprint density at radius 1 is 1.17 bits per heavy atom. The van der Waals surface area contributed by atoms with E-state index in [1.165, 1.54) is 18.2 Å². The first-order valence-electron chi connectivity index (χ1n) is 7.45. The van der Waals surface area contributed by atoms with Crippen LogP contribution in [0.25, 0.3) is 10.9 Å². The SMILES string of the molecule is CCOC(=O)c1[nH]c2ccc(F)cc2c1NC(=O)c1ccccc1. The molecule has 0 atom stereocenters. The van der Waals surface area contributed by atoms with Gasteiger partial charge in [-0.2, -0.15) is 0 Å². The summed E-state index contributed by atoms with van der Waals surface area (Å²) in [6.45, 7) is 1.87. The van der Waals surface area contributed by atoms with Gasteiger partial charge in [0.05, 0.1) is 12.3 Å². The highest BCUT2D eigenvalue weighted by atomic mass is 19.1. The first-order valence-corrected chi connectivity index (χ1v) is 7.45. The summed E-state index contributed by atoms with van der Waals surface area (Å²) in [6, 6.07) is 12.6. The molecule has 1 heterocycles. The minimum absolute atomic E-state index is 0.0849. The van der Waals surface area contributed by atoms with Crippen LogP contribution in [0.3, 0.4) is 0 Å². The number of anilines is 1. The molecule has 2 aromatic carbocycles. The Bertz CT molecular complexity index is 903. The molecule has 1 aromatic heterocycles. The lowest BCUT2D eigenvalue weighted by Crippen LogP contribution is -2.15. The van der Waals surface area contributed by atoms with Crippen molar-refractivity contribution in [1.29, 1.82) is 0 Å². The van der Waals surface area contributed by atoms with Crippen LogP contribution in [-0.2, 0) is 4.74 Å². The molecule has 1 amide bonds. The number of rotatable bonds is 4. The van der Waals surface area contributed by atoms with E-state index in [1.807, 2.05) is 0 Å². The van der Waals surface area contributed by atoms with Crippen molar-refractivity contribution in [2.45, 2.75) is 6.92 Å². The van der Waals surface area contributed by atoms with Gasteiger partial charge >= 0.3 is 5.97 Å². The van der Waals surface area contributed by atoms with Crippen LogP contribution in [0, 0.1) is 5.82 Å². The minimum atomic E-state index is -0.613. The number of aromatic amines is 1. The Labute approximate surface area is 137 Å². The number of fused-ring (bicyclic) bond motifs is 1. The van der Waals surface area contributed by atoms with Gasteiger partial charge in [0.2, 0.25) is 0 Å². The number of halogens is 1. The molecule has 122 valence electrons. The second-order valence-corrected chi connectivity index (χ2v) is 5.11. The molecule has 0 unspecified atom stereocenters. The van der Waals surface area contributed by atoms with Crippen LogP contribution < -0.4 is 5.32 Å². The average molecular weight is 326 g/mol. The fourth-order valence-electron chi connectivity index (χ4n) is 2.43. The average Bonchev–Trinajstić information content (AvgIpc) is 2.94. The predicted octanol–water partition coefficient (Wildman–Crippen LogP) is 3.74. The number of carbonyl (C=O) groups is 2. The van der Waals surface area contributed by atoms with Crippen molar-refractivity contribution >= 4 is 28.5 Å². The summed E-state index contributed by atoms with van der Waals surface area (Å²) in [5, 5.41) is 3.08. The lowest BCUT2D eigenvalue weighted by atomic mass is 10.1. The van der Waals surface area contributed by atoms with E-state index in [-0.39, 0.29) is 18.0 Å². The van der Waals surface area contributed by atoms with Crippen LogP contribution in [-0.4, -0.2) is 23.5 Å². The highest BCUT2D eigenvalue weighted by molar-refractivity contribution is 6.14. The molecule has 3 aromatic rings. The molecule has 5 nitrogen and oxygen atoms in total. The van der Waals surface area contributed by atoms with Crippen LogP contribution >= 0.6 is 0 Å². The Kier molecular flexibility index (Phi) is 4.29. The van der Waals surface area contributed by atoms with E-state index in [1.54, 1.807) is 37.3 Å². The lowest BCUT2D eigenvalue weighted by molar-refractivity contribution is 0.0522. The van der Waals surface area contributed by atoms with Gasteiger partial charge < -0.3 is 15.0 Å². The summed E-state index contributed by atoms with van der Waals surface area (Å²) in [5.74, 6) is -1.48. The molecule has 24 heavy (non-hydrogen) atoms. The quantitative estimate of drug-likeness (QED) is 0.718. The minimum Gasteiger partial charge on any atom is -0.461 e. The van der Waals surface area contributed by atoms with Gasteiger partial charge in [-0.25, -0.2) is 9.18 Å². The van der Waals surface area contributed by atoms with E-state index in [9.17, 15) is 14.0 Å². The zero-order valence-corrected chi connectivity index (χ0v) is 12.9. The maximum absolute atomic E-state index is 13.6. The van der Waals surface area contributed by atoms with Crippen LogP contribution in [0.15, 0.2) is 48.5 Å². The van der Waals surface area contributed by atoms with Gasteiger partial charge in [0, 0.05) is 16.5 Å². The van der Waals surface area contributed by atoms with Gasteiger partial charge in [-0.15, -0.1) is 0 Å². The number of hydrogen-bond acceptors (Lipinski definition) is 3. The van der Waals surface area contributed by atoms with E-state index in [2.05, 4.69) is 10.3 Å². The number of nitrogens with one attached hydrogen (secondary N) is 2. The molecular weight excluding hydrogens is 311 g/mol. The van der Waals surface area contributed by atoms with Crippen LogP contribution in [0.5, 0.6) is 0 Å². The lowest BCUT2D eigenvalue weighted by Gasteiger charge is -2.07. The standard InChI is InChI=1S/C18H15FN2O3/c1-2-24-18(23)16-15(13-10-12(19)8-9-14(13)20-16)21-17(22)11-6-4-3-5-7-11/h3-10,20H,2H2,1H3,(H,21,22). The van der Waals surface area contributed by atoms with Gasteiger partial charge in [-0.1, -0.05) is 18.2 Å². The number of amides is 1. The Morgan fingerprint density at radius 2 is 1.92 bits per heavy atom. The zero-order chi connectivity index (χ0) is 17.1. The smallest absolute Gasteiger partial charge is 0.356 e. The van der Waals surface area contributed by atoms with Gasteiger partial charge in [-0.05, 0) is 37.3 Å². The fourth-order valence-corrected chi connectivity index (χ4v) is 2.43. The van der Waals surface area contributed by atoms with E-state index < -0.39 is 17.7 Å². The largest absolute Gasteiger partial charge is 0.461 e. The van der Waals surface area contributed by atoms with Crippen molar-refractivity contribution in [3.8, 4) is 0 Å². The van der Waals surface area contributed by atoms with Crippen LogP contribution in [0.4, 0.5) is 10.1 Å². The maximum atomic E-state index is 13.6. The molecule has 0 fully saturated rings. The number of carbonyl (C=O) groups excluding carboxylic acids is 2. The summed E-state index contributed by atoms with van der Waals surface area (Å²) in [4.78, 5) is 27.4. The molecule has 3 rings (SSSR count). The van der Waals surface area contributed by atoms with Crippen molar-refractivity contribution < 1.29 is 18.7 Å². The Morgan fingerprint density at radius 3 is 2.62 bits per heavy atom. The van der Waals surface area contributed by atoms with E-state index in [0.717, 1.165) is 0 Å². The molecule has 0 aliphatic heterocycles. The van der Waals surface area contributed by atoms with Crippen molar-refractivity contribution in [3.05, 3.63) is 65.6 Å². The summed E-state index contributed by atoms with van der Waals surface area (Å²) in [6.07, 6.45) is 0. The highest BCUT2D eigenvalue weighted by Gasteiger charge is 2.21. The summed E-state index contributed by atoms with van der Waals surface area (Å²) in [7, 11) is 0. The van der Waals surface area contributed by atoms with Gasteiger partial charge in [0.1, 0.15) is 11.5 Å². The van der Waals surface area contributed by atoms with Crippen molar-refractivity contribution in [2.75, 3.05) is 11.9 Å². The molecular formula is C18H15FN2O3. The summed E-state index contributed by atoms with van der Waals surface area (Å²) < 4.78 is 18.6. The van der Waals surface area contributed by atoms with Crippen LogP contribution in [0.2, 0.25) is 0 Å². The Balaban J connectivity index is 2.06. The summed E-state index contributed by atoms with van der Waals surface area (Å²) in [5.41, 5.74) is 1.25. The van der Waals surface area contributed by atoms with E-state index in [4.69, 9.17) is 4.74 Å². The molecule has 0 saturated heterocycles. The normalized spacial score (nSPS) is 10.6. The molecule has 0 aliphatic carbocycles. The van der Waals surface area contributed by atoms with E-state index in [0.29, 0.717) is 16.5 Å². The number of esters is 1.